The third kappa shape index (κ3) is 7.22. The largest absolute Gasteiger partial charge is 0.481 e. The van der Waals surface area contributed by atoms with Crippen molar-refractivity contribution >= 4 is 11.9 Å². The second kappa shape index (κ2) is 9.95. The summed E-state index contributed by atoms with van der Waals surface area (Å²) in [4.78, 5) is 23.0. The maximum absolute atomic E-state index is 11.7. The van der Waals surface area contributed by atoms with E-state index >= 15 is 0 Å². The second-order valence-electron chi connectivity index (χ2n) is 5.33. The lowest BCUT2D eigenvalue weighted by molar-refractivity contribution is -0.141. The molecule has 0 bridgehead atoms. The molecule has 1 rings (SSSR count). The van der Waals surface area contributed by atoms with Crippen LogP contribution in [0.25, 0.3) is 0 Å². The molecule has 2 N–H and O–H groups in total. The fourth-order valence-corrected chi connectivity index (χ4v) is 2.17. The number of amides is 1. The number of rotatable bonds is 10. The van der Waals surface area contributed by atoms with Crippen molar-refractivity contribution in [2.75, 3.05) is 19.8 Å². The van der Waals surface area contributed by atoms with E-state index in [2.05, 4.69) is 5.32 Å². The van der Waals surface area contributed by atoms with E-state index in [4.69, 9.17) is 4.74 Å². The number of carboxylic acids is 1. The molecule has 1 amide bonds. The van der Waals surface area contributed by atoms with E-state index in [1.165, 1.54) is 0 Å². The van der Waals surface area contributed by atoms with Gasteiger partial charge in [-0.05, 0) is 32.3 Å². The summed E-state index contributed by atoms with van der Waals surface area (Å²) >= 11 is 0. The maximum Gasteiger partial charge on any atom is 0.308 e. The van der Waals surface area contributed by atoms with Crippen LogP contribution in [0.3, 0.4) is 0 Å². The van der Waals surface area contributed by atoms with Gasteiger partial charge < -0.3 is 15.2 Å². The molecule has 122 valence electrons. The quantitative estimate of drug-likeness (QED) is 0.650. The predicted molar refractivity (Wildman–Crippen MR) is 84.7 cm³/mol. The minimum Gasteiger partial charge on any atom is -0.481 e. The zero-order valence-corrected chi connectivity index (χ0v) is 13.3. The summed E-state index contributed by atoms with van der Waals surface area (Å²) in [6.07, 6.45) is 1.42. The molecule has 0 aliphatic heterocycles. The second-order valence-corrected chi connectivity index (χ2v) is 5.33. The standard InChI is InChI=1S/C17H25NO4/c1-3-22-9-5-8-16(19)18-12-15(17(20)21)11-14-7-4-6-13(2)10-14/h4,6-7,10,15H,3,5,8-9,11-12H2,1-2H3,(H,18,19)(H,20,21). The van der Waals surface area contributed by atoms with E-state index in [9.17, 15) is 14.7 Å². The van der Waals surface area contributed by atoms with Crippen LogP contribution >= 0.6 is 0 Å². The number of carboxylic acid groups (broad SMARTS) is 1. The van der Waals surface area contributed by atoms with Crippen molar-refractivity contribution < 1.29 is 19.4 Å². The number of hydrogen-bond donors (Lipinski definition) is 2. The number of aliphatic carboxylic acids is 1. The van der Waals surface area contributed by atoms with E-state index < -0.39 is 11.9 Å². The van der Waals surface area contributed by atoms with E-state index in [1.54, 1.807) is 0 Å². The van der Waals surface area contributed by atoms with Crippen LogP contribution in [0, 0.1) is 12.8 Å². The molecule has 1 aromatic carbocycles. The summed E-state index contributed by atoms with van der Waals surface area (Å²) < 4.78 is 5.16. The highest BCUT2D eigenvalue weighted by atomic mass is 16.5. The maximum atomic E-state index is 11.7. The third-order valence-corrected chi connectivity index (χ3v) is 3.36. The molecular formula is C17H25NO4. The molecule has 0 radical (unpaired) electrons. The van der Waals surface area contributed by atoms with Gasteiger partial charge in [-0.15, -0.1) is 0 Å². The highest BCUT2D eigenvalue weighted by Gasteiger charge is 2.19. The summed E-state index contributed by atoms with van der Waals surface area (Å²) in [6.45, 7) is 5.22. The number of aryl methyl sites for hydroxylation is 1. The molecule has 0 heterocycles. The summed E-state index contributed by atoms with van der Waals surface area (Å²) in [5.74, 6) is -1.64. The van der Waals surface area contributed by atoms with Gasteiger partial charge in [-0.25, -0.2) is 0 Å². The van der Waals surface area contributed by atoms with Gasteiger partial charge in [0.15, 0.2) is 0 Å². The van der Waals surface area contributed by atoms with Crippen LogP contribution in [0.5, 0.6) is 0 Å². The fraction of sp³-hybridized carbons (Fsp3) is 0.529. The Hall–Kier alpha value is -1.88. The average molecular weight is 307 g/mol. The molecule has 1 atom stereocenters. The molecule has 0 saturated heterocycles. The van der Waals surface area contributed by atoms with Gasteiger partial charge >= 0.3 is 5.97 Å². The Bertz CT molecular complexity index is 487. The van der Waals surface area contributed by atoms with E-state index in [-0.39, 0.29) is 12.5 Å². The van der Waals surface area contributed by atoms with Gasteiger partial charge in [0.1, 0.15) is 0 Å². The van der Waals surface area contributed by atoms with E-state index in [0.717, 1.165) is 11.1 Å². The summed E-state index contributed by atoms with van der Waals surface area (Å²) in [7, 11) is 0. The monoisotopic (exact) mass is 307 g/mol. The number of benzene rings is 1. The molecule has 5 nitrogen and oxygen atoms in total. The Balaban J connectivity index is 2.41. The Morgan fingerprint density at radius 1 is 1.36 bits per heavy atom. The number of carbonyl (C=O) groups excluding carboxylic acids is 1. The average Bonchev–Trinajstić information content (AvgIpc) is 2.47. The van der Waals surface area contributed by atoms with Crippen LogP contribution in [0.2, 0.25) is 0 Å². The minimum absolute atomic E-state index is 0.129. The predicted octanol–water partition coefficient (Wildman–Crippen LogP) is 2.17. The van der Waals surface area contributed by atoms with Gasteiger partial charge in [0, 0.05) is 26.2 Å². The molecule has 0 aliphatic carbocycles. The first kappa shape index (κ1) is 18.2. The molecule has 0 saturated carbocycles. The number of ether oxygens (including phenoxy) is 1. The zero-order valence-electron chi connectivity index (χ0n) is 13.3. The van der Waals surface area contributed by atoms with Crippen LogP contribution in [-0.4, -0.2) is 36.7 Å². The summed E-state index contributed by atoms with van der Waals surface area (Å²) in [6, 6.07) is 7.77. The number of hydrogen-bond acceptors (Lipinski definition) is 3. The van der Waals surface area contributed by atoms with Crippen LogP contribution in [-0.2, 0) is 20.7 Å². The lowest BCUT2D eigenvalue weighted by Crippen LogP contribution is -2.34. The van der Waals surface area contributed by atoms with Gasteiger partial charge in [0.2, 0.25) is 5.91 Å². The van der Waals surface area contributed by atoms with Crippen molar-refractivity contribution in [3.05, 3.63) is 35.4 Å². The van der Waals surface area contributed by atoms with Crippen molar-refractivity contribution in [1.82, 2.24) is 5.32 Å². The fourth-order valence-electron chi connectivity index (χ4n) is 2.17. The molecule has 1 unspecified atom stereocenters. The van der Waals surface area contributed by atoms with Crippen LogP contribution < -0.4 is 5.32 Å². The number of carbonyl (C=O) groups is 2. The first-order valence-electron chi connectivity index (χ1n) is 7.65. The van der Waals surface area contributed by atoms with Gasteiger partial charge in [-0.2, -0.15) is 0 Å². The Labute approximate surface area is 131 Å². The smallest absolute Gasteiger partial charge is 0.308 e. The topological polar surface area (TPSA) is 75.6 Å². The van der Waals surface area contributed by atoms with Crippen molar-refractivity contribution in [2.45, 2.75) is 33.1 Å². The van der Waals surface area contributed by atoms with Gasteiger partial charge in [0.05, 0.1) is 5.92 Å². The molecule has 22 heavy (non-hydrogen) atoms. The molecule has 0 aliphatic rings. The van der Waals surface area contributed by atoms with Gasteiger partial charge in [0.25, 0.3) is 0 Å². The van der Waals surface area contributed by atoms with E-state index in [0.29, 0.717) is 32.5 Å². The van der Waals surface area contributed by atoms with Crippen LogP contribution in [0.4, 0.5) is 0 Å². The molecule has 0 aromatic heterocycles. The third-order valence-electron chi connectivity index (χ3n) is 3.36. The molecule has 5 heteroatoms. The Morgan fingerprint density at radius 3 is 2.77 bits per heavy atom. The highest BCUT2D eigenvalue weighted by Crippen LogP contribution is 2.11. The highest BCUT2D eigenvalue weighted by molar-refractivity contribution is 5.77. The van der Waals surface area contributed by atoms with Crippen LogP contribution in [0.15, 0.2) is 24.3 Å². The molecule has 1 aromatic rings. The number of nitrogens with one attached hydrogen (secondary N) is 1. The van der Waals surface area contributed by atoms with Crippen molar-refractivity contribution in [1.29, 1.82) is 0 Å². The van der Waals surface area contributed by atoms with Gasteiger partial charge in [-0.3, -0.25) is 9.59 Å². The lowest BCUT2D eigenvalue weighted by Gasteiger charge is -2.14. The lowest BCUT2D eigenvalue weighted by atomic mass is 9.98. The Morgan fingerprint density at radius 2 is 2.14 bits per heavy atom. The molecule has 0 spiro atoms. The van der Waals surface area contributed by atoms with Gasteiger partial charge in [-0.1, -0.05) is 29.8 Å². The van der Waals surface area contributed by atoms with Crippen molar-refractivity contribution in [3.8, 4) is 0 Å². The zero-order chi connectivity index (χ0) is 16.4. The summed E-state index contributed by atoms with van der Waals surface area (Å²) in [5, 5.41) is 12.0. The van der Waals surface area contributed by atoms with Crippen molar-refractivity contribution in [3.63, 3.8) is 0 Å². The summed E-state index contributed by atoms with van der Waals surface area (Å²) in [5.41, 5.74) is 2.07. The minimum atomic E-state index is -0.892. The SMILES string of the molecule is CCOCCCC(=O)NCC(Cc1cccc(C)c1)C(=O)O. The van der Waals surface area contributed by atoms with Crippen LogP contribution in [0.1, 0.15) is 30.9 Å². The molecular weight excluding hydrogens is 282 g/mol. The van der Waals surface area contributed by atoms with E-state index in [1.807, 2.05) is 38.1 Å². The van der Waals surface area contributed by atoms with Crippen molar-refractivity contribution in [2.24, 2.45) is 5.92 Å². The Kier molecular flexibility index (Phi) is 8.22. The molecule has 0 fully saturated rings. The normalized spacial score (nSPS) is 11.9. The first-order valence-corrected chi connectivity index (χ1v) is 7.65. The first-order chi connectivity index (χ1) is 10.5.